The van der Waals surface area contributed by atoms with Crippen molar-refractivity contribution >= 4 is 28.7 Å². The van der Waals surface area contributed by atoms with Crippen LogP contribution in [0.4, 0.5) is 0 Å². The lowest BCUT2D eigenvalue weighted by Crippen LogP contribution is -2.65. The summed E-state index contributed by atoms with van der Waals surface area (Å²) >= 11 is 0. The molecule has 0 saturated carbocycles. The maximum absolute atomic E-state index is 14.3. The summed E-state index contributed by atoms with van der Waals surface area (Å²) in [6.45, 7) is 2.78. The molecule has 0 radical (unpaired) electrons. The van der Waals surface area contributed by atoms with Crippen LogP contribution in [0.15, 0.2) is 78.9 Å². The molecule has 1 aromatic heterocycles. The van der Waals surface area contributed by atoms with Gasteiger partial charge in [-0.3, -0.25) is 14.5 Å². The van der Waals surface area contributed by atoms with Crippen LogP contribution >= 0.6 is 0 Å². The molecule has 214 valence electrons. The van der Waals surface area contributed by atoms with Gasteiger partial charge in [-0.25, -0.2) is 4.79 Å². The van der Waals surface area contributed by atoms with E-state index in [0.29, 0.717) is 12.0 Å². The quantitative estimate of drug-likeness (QED) is 0.367. The van der Waals surface area contributed by atoms with E-state index in [1.807, 2.05) is 41.3 Å². The molecule has 0 bridgehead atoms. The Kier molecular flexibility index (Phi) is 6.78. The molecular formula is C34H34N4O4. The number of carbonyl (C=O) groups excluding carboxylic acids is 3. The Labute approximate surface area is 244 Å². The average molecular weight is 563 g/mol. The van der Waals surface area contributed by atoms with Crippen LogP contribution in [0.5, 0.6) is 0 Å². The molecule has 42 heavy (non-hydrogen) atoms. The van der Waals surface area contributed by atoms with Gasteiger partial charge in [0.15, 0.2) is 0 Å². The van der Waals surface area contributed by atoms with Crippen molar-refractivity contribution in [2.24, 2.45) is 0 Å². The fourth-order valence-electron chi connectivity index (χ4n) is 7.09. The maximum atomic E-state index is 14.3. The number of carbonyl (C=O) groups is 3. The molecule has 8 nitrogen and oxygen atoms in total. The highest BCUT2D eigenvalue weighted by Gasteiger charge is 2.49. The number of nitrogens with zero attached hydrogens (tertiary/aromatic N) is 3. The highest BCUT2D eigenvalue weighted by atomic mass is 16.5. The normalized spacial score (nSPS) is 21.4. The number of piperazine rings is 1. The number of rotatable bonds is 5. The summed E-state index contributed by atoms with van der Waals surface area (Å²) in [5.74, 6) is -0.426. The number of ether oxygens (including phenoxy) is 1. The zero-order valence-electron chi connectivity index (χ0n) is 23.7. The van der Waals surface area contributed by atoms with Gasteiger partial charge in [0.2, 0.25) is 11.8 Å². The molecule has 2 amide bonds. The van der Waals surface area contributed by atoms with Crippen LogP contribution in [0.25, 0.3) is 10.9 Å². The van der Waals surface area contributed by atoms with E-state index in [1.165, 1.54) is 12.7 Å². The van der Waals surface area contributed by atoms with Gasteiger partial charge in [0.05, 0.1) is 18.7 Å². The lowest BCUT2D eigenvalue weighted by molar-refractivity contribution is -0.161. The third kappa shape index (κ3) is 4.56. The van der Waals surface area contributed by atoms with Crippen LogP contribution in [0.3, 0.4) is 0 Å². The molecule has 8 heteroatoms. The SMILES string of the molecule is COC(=O)c1ccc([C@H]2c3[nH]c4ccccc4c3C[C@H]3C(=O)N(C4CCN(Cc5ccccc5)CC4)CC(=O)N23)cc1. The van der Waals surface area contributed by atoms with Crippen molar-refractivity contribution in [3.63, 3.8) is 0 Å². The van der Waals surface area contributed by atoms with Crippen molar-refractivity contribution in [3.8, 4) is 0 Å². The fourth-order valence-corrected chi connectivity index (χ4v) is 7.09. The second kappa shape index (κ2) is 10.8. The number of hydrogen-bond donors (Lipinski definition) is 1. The summed E-state index contributed by atoms with van der Waals surface area (Å²) in [6.07, 6.45) is 2.19. The summed E-state index contributed by atoms with van der Waals surface area (Å²) in [4.78, 5) is 50.0. The molecule has 2 atom stereocenters. The number of likely N-dealkylation sites (tertiary alicyclic amines) is 1. The van der Waals surface area contributed by atoms with Gasteiger partial charge >= 0.3 is 5.97 Å². The first kappa shape index (κ1) is 26.5. The van der Waals surface area contributed by atoms with E-state index in [1.54, 1.807) is 17.0 Å². The number of benzene rings is 3. The number of aromatic nitrogens is 1. The van der Waals surface area contributed by atoms with Crippen LogP contribution in [0, 0.1) is 0 Å². The number of aromatic amines is 1. The molecule has 7 rings (SSSR count). The van der Waals surface area contributed by atoms with E-state index >= 15 is 0 Å². The molecule has 2 fully saturated rings. The average Bonchev–Trinajstić information content (AvgIpc) is 3.41. The fraction of sp³-hybridized carbons (Fsp3) is 0.324. The molecule has 1 N–H and O–H groups in total. The van der Waals surface area contributed by atoms with Gasteiger partial charge in [-0.15, -0.1) is 0 Å². The number of hydrogen-bond acceptors (Lipinski definition) is 5. The summed E-state index contributed by atoms with van der Waals surface area (Å²) in [6, 6.07) is 24.7. The topological polar surface area (TPSA) is 86.0 Å². The molecule has 4 aromatic rings. The van der Waals surface area contributed by atoms with Crippen molar-refractivity contribution in [3.05, 3.63) is 107 Å². The Morgan fingerprint density at radius 2 is 1.64 bits per heavy atom. The second-order valence-electron chi connectivity index (χ2n) is 11.6. The van der Waals surface area contributed by atoms with Crippen molar-refractivity contribution < 1.29 is 19.1 Å². The predicted molar refractivity (Wildman–Crippen MR) is 159 cm³/mol. The second-order valence-corrected chi connectivity index (χ2v) is 11.6. The van der Waals surface area contributed by atoms with Gasteiger partial charge in [0, 0.05) is 48.7 Å². The largest absolute Gasteiger partial charge is 0.465 e. The Morgan fingerprint density at radius 3 is 2.38 bits per heavy atom. The number of nitrogens with one attached hydrogen (secondary N) is 1. The van der Waals surface area contributed by atoms with Crippen molar-refractivity contribution in [1.82, 2.24) is 19.7 Å². The third-order valence-electron chi connectivity index (χ3n) is 9.19. The number of para-hydroxylation sites is 1. The van der Waals surface area contributed by atoms with Gasteiger partial charge in [-0.2, -0.15) is 0 Å². The molecule has 2 saturated heterocycles. The third-order valence-corrected chi connectivity index (χ3v) is 9.19. The van der Waals surface area contributed by atoms with Gasteiger partial charge in [0.1, 0.15) is 12.6 Å². The Balaban J connectivity index is 1.18. The minimum absolute atomic E-state index is 0.0308. The number of H-pyrrole nitrogens is 1. The van der Waals surface area contributed by atoms with Gasteiger partial charge in [-0.1, -0.05) is 60.7 Å². The smallest absolute Gasteiger partial charge is 0.337 e. The van der Waals surface area contributed by atoms with E-state index in [9.17, 15) is 14.4 Å². The number of methoxy groups -OCH3 is 1. The Hall–Kier alpha value is -4.43. The summed E-state index contributed by atoms with van der Waals surface area (Å²) < 4.78 is 4.88. The van der Waals surface area contributed by atoms with Gasteiger partial charge in [0.25, 0.3) is 0 Å². The van der Waals surface area contributed by atoms with Crippen LogP contribution in [0.1, 0.15) is 51.6 Å². The van der Waals surface area contributed by atoms with Crippen molar-refractivity contribution in [2.75, 3.05) is 26.7 Å². The molecular weight excluding hydrogens is 528 g/mol. The molecule has 0 aliphatic carbocycles. The van der Waals surface area contributed by atoms with Gasteiger partial charge in [-0.05, 0) is 47.7 Å². The number of amides is 2. The van der Waals surface area contributed by atoms with E-state index in [0.717, 1.165) is 60.2 Å². The lowest BCUT2D eigenvalue weighted by atomic mass is 9.85. The lowest BCUT2D eigenvalue weighted by Gasteiger charge is -2.49. The van der Waals surface area contributed by atoms with Crippen LogP contribution in [-0.2, 0) is 27.3 Å². The number of fused-ring (bicyclic) bond motifs is 4. The van der Waals surface area contributed by atoms with E-state index in [-0.39, 0.29) is 24.4 Å². The van der Waals surface area contributed by atoms with E-state index < -0.39 is 18.1 Å². The first-order chi connectivity index (χ1) is 20.5. The molecule has 4 heterocycles. The van der Waals surface area contributed by atoms with Crippen LogP contribution < -0.4 is 0 Å². The van der Waals surface area contributed by atoms with E-state index in [4.69, 9.17) is 4.74 Å². The summed E-state index contributed by atoms with van der Waals surface area (Å²) in [7, 11) is 1.36. The summed E-state index contributed by atoms with van der Waals surface area (Å²) in [5, 5.41) is 1.08. The summed E-state index contributed by atoms with van der Waals surface area (Å²) in [5.41, 5.74) is 5.58. The maximum Gasteiger partial charge on any atom is 0.337 e. The predicted octanol–water partition coefficient (Wildman–Crippen LogP) is 4.30. The first-order valence-electron chi connectivity index (χ1n) is 14.7. The molecule has 0 unspecified atom stereocenters. The highest BCUT2D eigenvalue weighted by Crippen LogP contribution is 2.43. The zero-order chi connectivity index (χ0) is 28.8. The van der Waals surface area contributed by atoms with Crippen LogP contribution in [-0.4, -0.2) is 76.3 Å². The molecule has 3 aliphatic heterocycles. The first-order valence-corrected chi connectivity index (χ1v) is 14.7. The minimum atomic E-state index is -0.578. The number of piperidine rings is 1. The monoisotopic (exact) mass is 562 g/mol. The van der Waals surface area contributed by atoms with Crippen molar-refractivity contribution in [2.45, 2.75) is 43.9 Å². The zero-order valence-corrected chi connectivity index (χ0v) is 23.7. The minimum Gasteiger partial charge on any atom is -0.465 e. The molecule has 3 aliphatic rings. The van der Waals surface area contributed by atoms with Crippen molar-refractivity contribution in [1.29, 1.82) is 0 Å². The van der Waals surface area contributed by atoms with Gasteiger partial charge < -0.3 is 19.5 Å². The number of esters is 1. The highest BCUT2D eigenvalue weighted by molar-refractivity contribution is 5.98. The standard InChI is InChI=1S/C34H34N4O4/c1-42-34(41)24-13-11-23(12-14-24)32-31-27(26-9-5-6-10-28(26)35-31)19-29-33(40)37(21-30(39)38(29)32)25-15-17-36(18-16-25)20-22-7-3-2-4-8-22/h2-14,25,29,32,35H,15-21H2,1H3/t29-,32-/m0/s1. The van der Waals surface area contributed by atoms with E-state index in [2.05, 4.69) is 40.2 Å². The van der Waals surface area contributed by atoms with Crippen LogP contribution in [0.2, 0.25) is 0 Å². The Bertz CT molecular complexity index is 1640. The molecule has 0 spiro atoms. The molecule has 3 aromatic carbocycles. The Morgan fingerprint density at radius 1 is 0.929 bits per heavy atom.